The van der Waals surface area contributed by atoms with Gasteiger partial charge in [0.2, 0.25) is 11.8 Å². The molecule has 1 saturated heterocycles. The van der Waals surface area contributed by atoms with Gasteiger partial charge in [0.15, 0.2) is 0 Å². The van der Waals surface area contributed by atoms with Crippen LogP contribution in [-0.4, -0.2) is 29.4 Å². The Hall–Kier alpha value is -2.47. The van der Waals surface area contributed by atoms with E-state index in [4.69, 9.17) is 5.73 Å². The summed E-state index contributed by atoms with van der Waals surface area (Å²) in [6.45, 7) is 2.24. The van der Waals surface area contributed by atoms with E-state index >= 15 is 0 Å². The van der Waals surface area contributed by atoms with Crippen molar-refractivity contribution in [3.8, 4) is 0 Å². The number of rotatable bonds is 2. The number of nitrogens with two attached hydrogens (primary N) is 1. The minimum atomic E-state index is -0.443. The number of aromatic nitrogens is 1. The maximum Gasteiger partial charge on any atom is 0.249 e. The standard InChI is InChI=1S/C15H16N4O2/c1-9-15(21)18-14(20)8-19(9)13-6-10(7-16)11-4-2-3-5-12(11)17-13/h2-6,9H,7-8,16H2,1H3,(H,18,20,21). The van der Waals surface area contributed by atoms with Gasteiger partial charge in [-0.05, 0) is 24.6 Å². The SMILES string of the molecule is CC1C(=O)NC(=O)CN1c1cc(CN)c2ccccc2n1. The lowest BCUT2D eigenvalue weighted by molar-refractivity contribution is -0.132. The van der Waals surface area contributed by atoms with E-state index in [0.717, 1.165) is 16.5 Å². The number of imide groups is 1. The average Bonchev–Trinajstić information content (AvgIpc) is 2.49. The topological polar surface area (TPSA) is 88.3 Å². The Kier molecular flexibility index (Phi) is 3.31. The summed E-state index contributed by atoms with van der Waals surface area (Å²) in [5.41, 5.74) is 7.56. The van der Waals surface area contributed by atoms with Gasteiger partial charge in [-0.15, -0.1) is 0 Å². The molecular weight excluding hydrogens is 268 g/mol. The maximum absolute atomic E-state index is 11.8. The third-order valence-corrected chi connectivity index (χ3v) is 3.73. The third kappa shape index (κ3) is 2.34. The van der Waals surface area contributed by atoms with Gasteiger partial charge in [-0.3, -0.25) is 14.9 Å². The first-order chi connectivity index (χ1) is 10.1. The number of fused-ring (bicyclic) bond motifs is 1. The smallest absolute Gasteiger partial charge is 0.249 e. The van der Waals surface area contributed by atoms with Crippen LogP contribution >= 0.6 is 0 Å². The van der Waals surface area contributed by atoms with Gasteiger partial charge >= 0.3 is 0 Å². The fraction of sp³-hybridized carbons (Fsp3) is 0.267. The van der Waals surface area contributed by atoms with Crippen molar-refractivity contribution >= 4 is 28.5 Å². The number of carbonyl (C=O) groups excluding carboxylic acids is 2. The zero-order chi connectivity index (χ0) is 15.0. The fourth-order valence-corrected chi connectivity index (χ4v) is 2.54. The van der Waals surface area contributed by atoms with Crippen molar-refractivity contribution in [3.63, 3.8) is 0 Å². The summed E-state index contributed by atoms with van der Waals surface area (Å²) < 4.78 is 0. The molecule has 1 fully saturated rings. The van der Waals surface area contributed by atoms with Crippen LogP contribution in [0.5, 0.6) is 0 Å². The molecule has 0 aliphatic carbocycles. The van der Waals surface area contributed by atoms with Gasteiger partial charge in [-0.25, -0.2) is 4.98 Å². The normalized spacial score (nSPS) is 19.0. The molecule has 0 radical (unpaired) electrons. The van der Waals surface area contributed by atoms with Crippen molar-refractivity contribution in [1.82, 2.24) is 10.3 Å². The number of benzene rings is 1. The van der Waals surface area contributed by atoms with E-state index in [2.05, 4.69) is 10.3 Å². The number of nitrogens with zero attached hydrogens (tertiary/aromatic N) is 2. The Balaban J connectivity index is 2.11. The Labute approximate surface area is 121 Å². The monoisotopic (exact) mass is 284 g/mol. The van der Waals surface area contributed by atoms with Gasteiger partial charge in [-0.2, -0.15) is 0 Å². The number of nitrogens with one attached hydrogen (secondary N) is 1. The number of hydrogen-bond donors (Lipinski definition) is 2. The zero-order valence-corrected chi connectivity index (χ0v) is 11.7. The molecule has 6 nitrogen and oxygen atoms in total. The number of hydrogen-bond acceptors (Lipinski definition) is 5. The van der Waals surface area contributed by atoms with Crippen LogP contribution in [0, 0.1) is 0 Å². The van der Waals surface area contributed by atoms with E-state index in [0.29, 0.717) is 12.4 Å². The highest BCUT2D eigenvalue weighted by Gasteiger charge is 2.31. The lowest BCUT2D eigenvalue weighted by Crippen LogP contribution is -2.57. The van der Waals surface area contributed by atoms with E-state index in [1.54, 1.807) is 11.8 Å². The molecule has 2 amide bonds. The van der Waals surface area contributed by atoms with Crippen LogP contribution in [0.15, 0.2) is 30.3 Å². The van der Waals surface area contributed by atoms with Crippen LogP contribution in [-0.2, 0) is 16.1 Å². The summed E-state index contributed by atoms with van der Waals surface area (Å²) in [5, 5.41) is 3.31. The van der Waals surface area contributed by atoms with Crippen molar-refractivity contribution in [1.29, 1.82) is 0 Å². The second-order valence-electron chi connectivity index (χ2n) is 5.08. The Morgan fingerprint density at radius 2 is 2.14 bits per heavy atom. The number of anilines is 1. The van der Waals surface area contributed by atoms with E-state index in [9.17, 15) is 9.59 Å². The van der Waals surface area contributed by atoms with Gasteiger partial charge in [-0.1, -0.05) is 18.2 Å². The van der Waals surface area contributed by atoms with Crippen LogP contribution in [0.3, 0.4) is 0 Å². The molecule has 2 heterocycles. The molecule has 1 aromatic heterocycles. The molecule has 2 aromatic rings. The molecule has 0 bridgehead atoms. The maximum atomic E-state index is 11.8. The molecule has 3 rings (SSSR count). The fourth-order valence-electron chi connectivity index (χ4n) is 2.54. The van der Waals surface area contributed by atoms with Crippen LogP contribution in [0.1, 0.15) is 12.5 Å². The van der Waals surface area contributed by atoms with Crippen molar-refractivity contribution in [3.05, 3.63) is 35.9 Å². The highest BCUT2D eigenvalue weighted by atomic mass is 16.2. The number of piperazine rings is 1. The summed E-state index contributed by atoms with van der Waals surface area (Å²) >= 11 is 0. The lowest BCUT2D eigenvalue weighted by Gasteiger charge is -2.33. The molecule has 21 heavy (non-hydrogen) atoms. The molecule has 6 heteroatoms. The van der Waals surface area contributed by atoms with E-state index < -0.39 is 6.04 Å². The Morgan fingerprint density at radius 1 is 1.38 bits per heavy atom. The Morgan fingerprint density at radius 3 is 2.90 bits per heavy atom. The molecule has 1 aromatic carbocycles. The number of pyridine rings is 1. The summed E-state index contributed by atoms with van der Waals surface area (Å²) in [6, 6.07) is 9.10. The first kappa shape index (κ1) is 13.5. The predicted molar refractivity (Wildman–Crippen MR) is 79.6 cm³/mol. The Bertz CT molecular complexity index is 729. The molecule has 0 saturated carbocycles. The predicted octanol–water partition coefficient (Wildman–Crippen LogP) is 0.545. The van der Waals surface area contributed by atoms with Gasteiger partial charge in [0, 0.05) is 11.9 Å². The summed E-state index contributed by atoms with van der Waals surface area (Å²) in [4.78, 5) is 29.6. The third-order valence-electron chi connectivity index (χ3n) is 3.73. The van der Waals surface area contributed by atoms with Gasteiger partial charge < -0.3 is 10.6 Å². The van der Waals surface area contributed by atoms with Crippen LogP contribution in [0.25, 0.3) is 10.9 Å². The molecule has 1 unspecified atom stereocenters. The highest BCUT2D eigenvalue weighted by molar-refractivity contribution is 6.04. The molecule has 1 aliphatic heterocycles. The number of para-hydroxylation sites is 1. The highest BCUT2D eigenvalue weighted by Crippen LogP contribution is 2.24. The van der Waals surface area contributed by atoms with Crippen molar-refractivity contribution in [2.24, 2.45) is 5.73 Å². The zero-order valence-electron chi connectivity index (χ0n) is 11.7. The second-order valence-corrected chi connectivity index (χ2v) is 5.08. The molecule has 1 aliphatic rings. The second kappa shape index (κ2) is 5.14. The van der Waals surface area contributed by atoms with E-state index in [-0.39, 0.29) is 18.4 Å². The summed E-state index contributed by atoms with van der Waals surface area (Å²) in [5.74, 6) is -0.0253. The van der Waals surface area contributed by atoms with Crippen molar-refractivity contribution < 1.29 is 9.59 Å². The summed E-state index contributed by atoms with van der Waals surface area (Å²) in [6.07, 6.45) is 0. The largest absolute Gasteiger partial charge is 0.336 e. The molecule has 108 valence electrons. The first-order valence-electron chi connectivity index (χ1n) is 6.79. The van der Waals surface area contributed by atoms with Crippen molar-refractivity contribution in [2.75, 3.05) is 11.4 Å². The van der Waals surface area contributed by atoms with E-state index in [1.807, 2.05) is 30.3 Å². The van der Waals surface area contributed by atoms with Gasteiger partial charge in [0.25, 0.3) is 0 Å². The molecule has 0 spiro atoms. The van der Waals surface area contributed by atoms with Crippen LogP contribution in [0.4, 0.5) is 5.82 Å². The van der Waals surface area contributed by atoms with Gasteiger partial charge in [0.1, 0.15) is 11.9 Å². The number of amides is 2. The van der Waals surface area contributed by atoms with Crippen LogP contribution < -0.4 is 16.0 Å². The quantitative estimate of drug-likeness (QED) is 0.786. The van der Waals surface area contributed by atoms with E-state index in [1.165, 1.54) is 0 Å². The van der Waals surface area contributed by atoms with Gasteiger partial charge in [0.05, 0.1) is 12.1 Å². The van der Waals surface area contributed by atoms with Crippen molar-refractivity contribution in [2.45, 2.75) is 19.5 Å². The molecule has 3 N–H and O–H groups in total. The minimum absolute atomic E-state index is 0.113. The lowest BCUT2D eigenvalue weighted by atomic mass is 10.1. The molecule has 1 atom stereocenters. The first-order valence-corrected chi connectivity index (χ1v) is 6.79. The number of carbonyl (C=O) groups is 2. The van der Waals surface area contributed by atoms with Crippen LogP contribution in [0.2, 0.25) is 0 Å². The molecular formula is C15H16N4O2. The minimum Gasteiger partial charge on any atom is -0.336 e. The summed E-state index contributed by atoms with van der Waals surface area (Å²) in [7, 11) is 0. The average molecular weight is 284 g/mol.